The number of hydrogen-bond donors (Lipinski definition) is 1. The fourth-order valence-corrected chi connectivity index (χ4v) is 3.52. The lowest BCUT2D eigenvalue weighted by Crippen LogP contribution is -2.41. The maximum Gasteiger partial charge on any atom is 0.495 e. The average molecular weight is 375 g/mol. The Hall–Kier alpha value is -1.80. The van der Waals surface area contributed by atoms with Gasteiger partial charge in [0.25, 0.3) is 0 Å². The van der Waals surface area contributed by atoms with Gasteiger partial charge in [-0.05, 0) is 65.1 Å². The Morgan fingerprint density at radius 2 is 1.96 bits per heavy atom. The summed E-state index contributed by atoms with van der Waals surface area (Å²) in [6.45, 7) is 11.5. The normalized spacial score (nSPS) is 23.7. The molecule has 27 heavy (non-hydrogen) atoms. The van der Waals surface area contributed by atoms with E-state index >= 15 is 0 Å². The lowest BCUT2D eigenvalue weighted by atomic mass is 9.79. The molecular formula is C19H30BN3O4. The highest BCUT2D eigenvalue weighted by atomic mass is 16.7. The summed E-state index contributed by atoms with van der Waals surface area (Å²) in [5, 5.41) is 9.22. The van der Waals surface area contributed by atoms with Gasteiger partial charge in [-0.15, -0.1) is 0 Å². The van der Waals surface area contributed by atoms with Crippen molar-refractivity contribution in [2.45, 2.75) is 71.2 Å². The van der Waals surface area contributed by atoms with Crippen molar-refractivity contribution in [2.24, 2.45) is 0 Å². The molecule has 2 saturated heterocycles. The predicted octanol–water partition coefficient (Wildman–Crippen LogP) is 2.48. The minimum absolute atomic E-state index is 0.220. The van der Waals surface area contributed by atoms with E-state index in [0.29, 0.717) is 11.7 Å². The molecule has 1 aromatic rings. The fraction of sp³-hybridized carbons (Fsp3) is 0.684. The van der Waals surface area contributed by atoms with Gasteiger partial charge in [0.1, 0.15) is 5.82 Å². The first-order chi connectivity index (χ1) is 12.5. The van der Waals surface area contributed by atoms with E-state index in [1.165, 1.54) is 4.90 Å². The van der Waals surface area contributed by atoms with Gasteiger partial charge in [0.2, 0.25) is 0 Å². The molecule has 0 aromatic carbocycles. The molecule has 1 aromatic heterocycles. The first-order valence-corrected chi connectivity index (χ1v) is 9.57. The van der Waals surface area contributed by atoms with Gasteiger partial charge >= 0.3 is 13.2 Å². The second-order valence-corrected chi connectivity index (χ2v) is 8.66. The SMILES string of the molecule is CC1CCCN1c1cc(B2OC(C)(C)C(C)(C)O2)cc(CN(C)C(=O)O)n1. The quantitative estimate of drug-likeness (QED) is 0.815. The van der Waals surface area contributed by atoms with Crippen molar-refractivity contribution in [1.82, 2.24) is 9.88 Å². The predicted molar refractivity (Wildman–Crippen MR) is 105 cm³/mol. The van der Waals surface area contributed by atoms with Gasteiger partial charge < -0.3 is 24.2 Å². The molecule has 3 heterocycles. The van der Waals surface area contributed by atoms with Gasteiger partial charge in [-0.25, -0.2) is 9.78 Å². The summed E-state index contributed by atoms with van der Waals surface area (Å²) >= 11 is 0. The van der Waals surface area contributed by atoms with Crippen molar-refractivity contribution >= 4 is 24.5 Å². The molecular weight excluding hydrogens is 345 g/mol. The molecule has 1 N–H and O–H groups in total. The highest BCUT2D eigenvalue weighted by molar-refractivity contribution is 6.62. The number of carboxylic acid groups (broad SMARTS) is 1. The Morgan fingerprint density at radius 1 is 1.33 bits per heavy atom. The number of rotatable bonds is 4. The third-order valence-corrected chi connectivity index (χ3v) is 5.99. The Labute approximate surface area is 161 Å². The molecule has 2 aliphatic heterocycles. The summed E-state index contributed by atoms with van der Waals surface area (Å²) in [5.41, 5.74) is 0.716. The highest BCUT2D eigenvalue weighted by Gasteiger charge is 2.52. The second-order valence-electron chi connectivity index (χ2n) is 8.66. The molecule has 0 spiro atoms. The molecule has 2 aliphatic rings. The summed E-state index contributed by atoms with van der Waals surface area (Å²) in [7, 11) is 1.05. The third kappa shape index (κ3) is 3.92. The van der Waals surface area contributed by atoms with Crippen LogP contribution in [-0.4, -0.2) is 59.0 Å². The van der Waals surface area contributed by atoms with Crippen LogP contribution < -0.4 is 10.4 Å². The van der Waals surface area contributed by atoms with E-state index in [0.717, 1.165) is 30.7 Å². The summed E-state index contributed by atoms with van der Waals surface area (Å²) in [4.78, 5) is 19.5. The average Bonchev–Trinajstić information content (AvgIpc) is 3.07. The molecule has 7 nitrogen and oxygen atoms in total. The minimum Gasteiger partial charge on any atom is -0.465 e. The van der Waals surface area contributed by atoms with E-state index in [2.05, 4.69) is 11.8 Å². The Bertz CT molecular complexity index is 709. The summed E-state index contributed by atoms with van der Waals surface area (Å²) in [6, 6.07) is 4.33. The molecule has 1 unspecified atom stereocenters. The van der Waals surface area contributed by atoms with Crippen LogP contribution >= 0.6 is 0 Å². The molecule has 0 saturated carbocycles. The van der Waals surface area contributed by atoms with Crippen molar-refractivity contribution < 1.29 is 19.2 Å². The van der Waals surface area contributed by atoms with E-state index in [1.807, 2.05) is 39.8 Å². The minimum atomic E-state index is -0.978. The van der Waals surface area contributed by atoms with Crippen LogP contribution in [0.4, 0.5) is 10.6 Å². The summed E-state index contributed by atoms with van der Waals surface area (Å²) in [6.07, 6.45) is 1.29. The van der Waals surface area contributed by atoms with Crippen molar-refractivity contribution in [1.29, 1.82) is 0 Å². The lowest BCUT2D eigenvalue weighted by Gasteiger charge is -2.32. The van der Waals surface area contributed by atoms with Crippen LogP contribution in [0.1, 0.15) is 53.2 Å². The van der Waals surface area contributed by atoms with Gasteiger partial charge in [0.15, 0.2) is 0 Å². The molecule has 1 atom stereocenters. The van der Waals surface area contributed by atoms with Crippen molar-refractivity contribution in [3.8, 4) is 0 Å². The molecule has 0 radical (unpaired) electrons. The Kier molecular flexibility index (Phi) is 5.16. The Balaban J connectivity index is 1.96. The number of hydrogen-bond acceptors (Lipinski definition) is 5. The standard InChI is InChI=1S/C19H30BN3O4/c1-13-8-7-9-23(13)16-11-14(10-15(21-16)12-22(6)17(24)25)20-26-18(2,3)19(4,5)27-20/h10-11,13H,7-9,12H2,1-6H3,(H,24,25). The molecule has 2 fully saturated rings. The maximum atomic E-state index is 11.2. The fourth-order valence-electron chi connectivity index (χ4n) is 3.52. The van der Waals surface area contributed by atoms with Crippen LogP contribution in [0, 0.1) is 0 Å². The number of nitrogens with zero attached hydrogens (tertiary/aromatic N) is 3. The number of pyridine rings is 1. The number of carbonyl (C=O) groups is 1. The number of amides is 1. The summed E-state index contributed by atoms with van der Waals surface area (Å²) < 4.78 is 12.4. The summed E-state index contributed by atoms with van der Waals surface area (Å²) in [5.74, 6) is 0.862. The van der Waals surface area contributed by atoms with Gasteiger partial charge in [-0.1, -0.05) is 0 Å². The van der Waals surface area contributed by atoms with E-state index in [4.69, 9.17) is 14.3 Å². The van der Waals surface area contributed by atoms with Crippen molar-refractivity contribution in [2.75, 3.05) is 18.5 Å². The van der Waals surface area contributed by atoms with Gasteiger partial charge in [0.05, 0.1) is 23.4 Å². The molecule has 8 heteroatoms. The van der Waals surface area contributed by atoms with Gasteiger partial charge in [-0.3, -0.25) is 0 Å². The van der Waals surface area contributed by atoms with Crippen LogP contribution in [0.3, 0.4) is 0 Å². The van der Waals surface area contributed by atoms with Gasteiger partial charge in [0, 0.05) is 19.6 Å². The lowest BCUT2D eigenvalue weighted by molar-refractivity contribution is 0.00578. The first-order valence-electron chi connectivity index (χ1n) is 9.57. The van der Waals surface area contributed by atoms with Gasteiger partial charge in [-0.2, -0.15) is 0 Å². The van der Waals surface area contributed by atoms with E-state index in [9.17, 15) is 9.90 Å². The molecule has 0 aliphatic carbocycles. The second kappa shape index (κ2) is 6.98. The Morgan fingerprint density at radius 3 is 2.48 bits per heavy atom. The van der Waals surface area contributed by atoms with Crippen LogP contribution in [0.2, 0.25) is 0 Å². The molecule has 148 valence electrons. The topological polar surface area (TPSA) is 75.1 Å². The third-order valence-electron chi connectivity index (χ3n) is 5.99. The zero-order chi connectivity index (χ0) is 20.0. The zero-order valence-corrected chi connectivity index (χ0v) is 17.2. The number of aromatic nitrogens is 1. The van der Waals surface area contributed by atoms with E-state index < -0.39 is 24.4 Å². The van der Waals surface area contributed by atoms with Crippen molar-refractivity contribution in [3.05, 3.63) is 17.8 Å². The molecule has 3 rings (SSSR count). The zero-order valence-electron chi connectivity index (χ0n) is 17.2. The number of anilines is 1. The van der Waals surface area contributed by atoms with Crippen LogP contribution in [0.5, 0.6) is 0 Å². The highest BCUT2D eigenvalue weighted by Crippen LogP contribution is 2.36. The van der Waals surface area contributed by atoms with Crippen LogP contribution in [0.25, 0.3) is 0 Å². The van der Waals surface area contributed by atoms with E-state index in [-0.39, 0.29) is 6.54 Å². The first kappa shape index (κ1) is 20.0. The largest absolute Gasteiger partial charge is 0.495 e. The molecule has 0 bridgehead atoms. The van der Waals surface area contributed by atoms with E-state index in [1.54, 1.807) is 7.05 Å². The van der Waals surface area contributed by atoms with Crippen LogP contribution in [-0.2, 0) is 15.9 Å². The molecule has 1 amide bonds. The van der Waals surface area contributed by atoms with Crippen LogP contribution in [0.15, 0.2) is 12.1 Å². The monoisotopic (exact) mass is 375 g/mol. The van der Waals surface area contributed by atoms with Crippen molar-refractivity contribution in [3.63, 3.8) is 0 Å². The maximum absolute atomic E-state index is 11.2. The smallest absolute Gasteiger partial charge is 0.465 e.